The Morgan fingerprint density at radius 3 is 2.92 bits per heavy atom. The summed E-state index contributed by atoms with van der Waals surface area (Å²) in [5.74, 6) is 0. The van der Waals surface area contributed by atoms with Gasteiger partial charge in [-0.2, -0.15) is 0 Å². The molecule has 6 heteroatoms. The van der Waals surface area contributed by atoms with Gasteiger partial charge in [0.15, 0.2) is 6.21 Å². The van der Waals surface area contributed by atoms with E-state index in [1.165, 1.54) is 30.1 Å². The Hall–Kier alpha value is -1.85. The lowest BCUT2D eigenvalue weighted by molar-refractivity contribution is -0.418. The number of aromatic nitrogens is 2. The highest BCUT2D eigenvalue weighted by atomic mass is 16.5. The van der Waals surface area contributed by atoms with Gasteiger partial charge in [0.1, 0.15) is 13.6 Å². The summed E-state index contributed by atoms with van der Waals surface area (Å²) in [6, 6.07) is 1.22. The molecule has 0 unspecified atom stereocenters. The minimum Gasteiger partial charge on any atom is -0.624 e. The van der Waals surface area contributed by atoms with Gasteiger partial charge in [-0.3, -0.25) is 14.3 Å². The Morgan fingerprint density at radius 2 is 2.38 bits per heavy atom. The summed E-state index contributed by atoms with van der Waals surface area (Å²) in [4.78, 5) is 23.7. The second-order valence-corrected chi connectivity index (χ2v) is 2.49. The topological polar surface area (TPSA) is 80.9 Å². The summed E-state index contributed by atoms with van der Waals surface area (Å²) >= 11 is 0. The predicted molar refractivity (Wildman–Crippen MR) is 46.9 cm³/mol. The summed E-state index contributed by atoms with van der Waals surface area (Å²) in [6.07, 6.45) is 2.61. The molecule has 0 saturated heterocycles. The van der Waals surface area contributed by atoms with E-state index in [2.05, 4.69) is 4.98 Å². The fourth-order valence-corrected chi connectivity index (χ4v) is 0.791. The number of nitrogens with one attached hydrogen (secondary N) is 1. The average molecular weight is 183 g/mol. The van der Waals surface area contributed by atoms with Crippen LogP contribution in [0.2, 0.25) is 0 Å². The molecule has 0 fully saturated rings. The molecule has 1 aromatic rings. The summed E-state index contributed by atoms with van der Waals surface area (Å²) in [6.45, 7) is 0.148. The molecule has 1 N–H and O–H groups in total. The molecule has 0 aliphatic rings. The summed E-state index contributed by atoms with van der Waals surface area (Å²) in [5, 5.41) is 10.5. The van der Waals surface area contributed by atoms with Crippen LogP contribution in [-0.2, 0) is 6.54 Å². The largest absolute Gasteiger partial charge is 0.624 e. The van der Waals surface area contributed by atoms with Gasteiger partial charge in [-0.1, -0.05) is 0 Å². The van der Waals surface area contributed by atoms with Crippen molar-refractivity contribution in [3.8, 4) is 0 Å². The van der Waals surface area contributed by atoms with Crippen molar-refractivity contribution >= 4 is 6.21 Å². The van der Waals surface area contributed by atoms with E-state index in [1.807, 2.05) is 0 Å². The van der Waals surface area contributed by atoms with Gasteiger partial charge in [0.05, 0.1) is 0 Å². The molecule has 0 amide bonds. The lowest BCUT2D eigenvalue weighted by Gasteiger charge is -1.98. The van der Waals surface area contributed by atoms with E-state index >= 15 is 0 Å². The molecule has 0 bridgehead atoms. The van der Waals surface area contributed by atoms with E-state index in [0.29, 0.717) is 4.74 Å². The molecule has 1 heterocycles. The minimum atomic E-state index is -0.523. The highest BCUT2D eigenvalue weighted by Crippen LogP contribution is 1.72. The highest BCUT2D eigenvalue weighted by Gasteiger charge is 1.94. The molecule has 6 nitrogen and oxygen atoms in total. The Kier molecular flexibility index (Phi) is 2.63. The molecule has 70 valence electrons. The SMILES string of the molecule is C/[N+]([O-])=C/Cn1ccc(=O)[nH]c1=O. The molecule has 0 aliphatic carbocycles. The number of H-pyrrole nitrogens is 1. The van der Waals surface area contributed by atoms with Gasteiger partial charge in [0.25, 0.3) is 5.56 Å². The molecular weight excluding hydrogens is 174 g/mol. The number of hydroxylamine groups is 1. The zero-order chi connectivity index (χ0) is 9.84. The van der Waals surface area contributed by atoms with Crippen LogP contribution in [0.15, 0.2) is 21.9 Å². The predicted octanol–water partition coefficient (Wildman–Crippen LogP) is -1.25. The van der Waals surface area contributed by atoms with Crippen LogP contribution in [0.4, 0.5) is 0 Å². The molecule has 0 spiro atoms. The summed E-state index contributed by atoms with van der Waals surface area (Å²) < 4.78 is 1.81. The first kappa shape index (κ1) is 9.24. The third-order valence-corrected chi connectivity index (χ3v) is 1.43. The molecular formula is C7H9N3O3. The Morgan fingerprint density at radius 1 is 1.69 bits per heavy atom. The van der Waals surface area contributed by atoms with Crippen LogP contribution in [0, 0.1) is 5.21 Å². The number of rotatable bonds is 2. The maximum Gasteiger partial charge on any atom is 0.328 e. The average Bonchev–Trinajstić information content (AvgIpc) is 2.02. The second kappa shape index (κ2) is 3.70. The van der Waals surface area contributed by atoms with Crippen molar-refractivity contribution in [3.05, 3.63) is 38.3 Å². The lowest BCUT2D eigenvalue weighted by atomic mass is 10.6. The summed E-state index contributed by atoms with van der Waals surface area (Å²) in [5.41, 5.74) is -0.970. The molecule has 1 aromatic heterocycles. The third kappa shape index (κ3) is 2.58. The van der Waals surface area contributed by atoms with Gasteiger partial charge in [-0.05, 0) is 0 Å². The van der Waals surface area contributed by atoms with Crippen molar-refractivity contribution in [2.24, 2.45) is 0 Å². The van der Waals surface area contributed by atoms with Crippen molar-refractivity contribution in [1.82, 2.24) is 9.55 Å². The van der Waals surface area contributed by atoms with E-state index in [9.17, 15) is 14.8 Å². The van der Waals surface area contributed by atoms with Gasteiger partial charge in [-0.15, -0.1) is 0 Å². The minimum absolute atomic E-state index is 0.148. The Bertz CT molecular complexity index is 425. The van der Waals surface area contributed by atoms with Crippen molar-refractivity contribution in [2.45, 2.75) is 6.54 Å². The number of hydrogen-bond acceptors (Lipinski definition) is 3. The first-order chi connectivity index (χ1) is 6.09. The monoisotopic (exact) mass is 183 g/mol. The number of nitrogens with zero attached hydrogens (tertiary/aromatic N) is 2. The molecule has 0 aliphatic heterocycles. The van der Waals surface area contributed by atoms with Gasteiger partial charge < -0.3 is 5.21 Å². The first-order valence-electron chi connectivity index (χ1n) is 3.62. The highest BCUT2D eigenvalue weighted by molar-refractivity contribution is 5.50. The molecule has 0 aromatic carbocycles. The van der Waals surface area contributed by atoms with Crippen molar-refractivity contribution in [1.29, 1.82) is 0 Å². The summed E-state index contributed by atoms with van der Waals surface area (Å²) in [7, 11) is 1.32. The van der Waals surface area contributed by atoms with E-state index in [-0.39, 0.29) is 6.54 Å². The number of aromatic amines is 1. The van der Waals surface area contributed by atoms with Crippen molar-refractivity contribution < 1.29 is 4.74 Å². The van der Waals surface area contributed by atoms with Crippen LogP contribution in [-0.4, -0.2) is 27.6 Å². The first-order valence-corrected chi connectivity index (χ1v) is 3.62. The quantitative estimate of drug-likeness (QED) is 0.269. The Balaban J connectivity index is 2.97. The van der Waals surface area contributed by atoms with Crippen LogP contribution in [0.5, 0.6) is 0 Å². The molecule has 0 saturated carbocycles. The maximum atomic E-state index is 11.0. The second-order valence-electron chi connectivity index (χ2n) is 2.49. The van der Waals surface area contributed by atoms with E-state index < -0.39 is 11.2 Å². The van der Waals surface area contributed by atoms with Crippen LogP contribution >= 0.6 is 0 Å². The smallest absolute Gasteiger partial charge is 0.328 e. The zero-order valence-electron chi connectivity index (χ0n) is 7.06. The van der Waals surface area contributed by atoms with Crippen LogP contribution < -0.4 is 11.2 Å². The fourth-order valence-electron chi connectivity index (χ4n) is 0.791. The van der Waals surface area contributed by atoms with Crippen LogP contribution in [0.1, 0.15) is 0 Å². The standard InChI is InChI=1S/C7H9N3O3/c1-9(13)4-5-10-3-2-6(11)8-7(10)12/h2-4H,5H2,1H3,(H,8,11,12)/b9-4-. The molecule has 13 heavy (non-hydrogen) atoms. The lowest BCUT2D eigenvalue weighted by Crippen LogP contribution is -2.29. The zero-order valence-corrected chi connectivity index (χ0v) is 7.06. The van der Waals surface area contributed by atoms with Gasteiger partial charge >= 0.3 is 5.69 Å². The van der Waals surface area contributed by atoms with Crippen LogP contribution in [0.3, 0.4) is 0 Å². The normalized spacial score (nSPS) is 11.6. The number of hydrogen-bond donors (Lipinski definition) is 1. The van der Waals surface area contributed by atoms with Crippen molar-refractivity contribution in [3.63, 3.8) is 0 Å². The molecule has 0 atom stereocenters. The molecule has 1 rings (SSSR count). The van der Waals surface area contributed by atoms with E-state index in [0.717, 1.165) is 0 Å². The van der Waals surface area contributed by atoms with E-state index in [4.69, 9.17) is 0 Å². The molecule has 0 radical (unpaired) electrons. The van der Waals surface area contributed by atoms with Gasteiger partial charge in [-0.25, -0.2) is 9.53 Å². The van der Waals surface area contributed by atoms with E-state index in [1.54, 1.807) is 0 Å². The van der Waals surface area contributed by atoms with Crippen molar-refractivity contribution in [2.75, 3.05) is 7.05 Å². The fraction of sp³-hybridized carbons (Fsp3) is 0.286. The maximum absolute atomic E-state index is 11.0. The van der Waals surface area contributed by atoms with Gasteiger partial charge in [0, 0.05) is 12.3 Å². The Labute approximate surface area is 73.4 Å². The van der Waals surface area contributed by atoms with Gasteiger partial charge in [0.2, 0.25) is 0 Å². The third-order valence-electron chi connectivity index (χ3n) is 1.43. The van der Waals surface area contributed by atoms with Crippen LogP contribution in [0.25, 0.3) is 0 Å².